The Morgan fingerprint density at radius 3 is 2.25 bits per heavy atom. The number of rotatable bonds is 8. The summed E-state index contributed by atoms with van der Waals surface area (Å²) in [4.78, 5) is 11.1. The molecule has 1 N–H and O–H groups in total. The third-order valence-corrected chi connectivity index (χ3v) is 4.06. The molecule has 3 nitrogen and oxygen atoms in total. The number of hydrogen-bond acceptors (Lipinski definition) is 3. The standard InChI is InChI=1S/C20H23FO3/c1-24-20(23)4-2-3-15-5-10-17(11-6-15)19(22)14-9-16-7-12-18(21)13-8-16/h5-8,10-13,19,22H,2-4,9,14H2,1H3. The Labute approximate surface area is 142 Å². The van der Waals surface area contributed by atoms with Gasteiger partial charge in [-0.2, -0.15) is 0 Å². The molecule has 0 saturated heterocycles. The molecular weight excluding hydrogens is 307 g/mol. The van der Waals surface area contributed by atoms with E-state index < -0.39 is 6.10 Å². The van der Waals surface area contributed by atoms with Gasteiger partial charge < -0.3 is 9.84 Å². The zero-order chi connectivity index (χ0) is 17.4. The third-order valence-electron chi connectivity index (χ3n) is 4.06. The molecule has 1 unspecified atom stereocenters. The fourth-order valence-electron chi connectivity index (χ4n) is 2.57. The van der Waals surface area contributed by atoms with Crippen LogP contribution in [-0.4, -0.2) is 18.2 Å². The molecule has 0 fully saturated rings. The van der Waals surface area contributed by atoms with Gasteiger partial charge in [0.1, 0.15) is 5.82 Å². The van der Waals surface area contributed by atoms with Gasteiger partial charge in [-0.3, -0.25) is 4.79 Å². The largest absolute Gasteiger partial charge is 0.469 e. The molecule has 24 heavy (non-hydrogen) atoms. The highest BCUT2D eigenvalue weighted by Crippen LogP contribution is 2.20. The van der Waals surface area contributed by atoms with E-state index in [0.717, 1.165) is 29.5 Å². The van der Waals surface area contributed by atoms with E-state index in [1.165, 1.54) is 19.2 Å². The Kier molecular flexibility index (Phi) is 6.94. The van der Waals surface area contributed by atoms with Gasteiger partial charge in [-0.15, -0.1) is 0 Å². The Hall–Kier alpha value is -2.20. The summed E-state index contributed by atoms with van der Waals surface area (Å²) < 4.78 is 17.5. The average Bonchev–Trinajstić information content (AvgIpc) is 2.61. The van der Waals surface area contributed by atoms with Crippen LogP contribution in [0.1, 0.15) is 42.1 Å². The van der Waals surface area contributed by atoms with Gasteiger partial charge in [0.25, 0.3) is 0 Å². The van der Waals surface area contributed by atoms with Gasteiger partial charge in [0, 0.05) is 6.42 Å². The molecular formula is C20H23FO3. The molecule has 0 radical (unpaired) electrons. The van der Waals surface area contributed by atoms with E-state index in [0.29, 0.717) is 19.3 Å². The van der Waals surface area contributed by atoms with Gasteiger partial charge in [-0.05, 0) is 54.5 Å². The minimum absolute atomic E-state index is 0.192. The monoisotopic (exact) mass is 330 g/mol. The van der Waals surface area contributed by atoms with Crippen molar-refractivity contribution in [2.75, 3.05) is 7.11 Å². The molecule has 0 aliphatic heterocycles. The predicted molar refractivity (Wildman–Crippen MR) is 91.1 cm³/mol. The Balaban J connectivity index is 1.81. The van der Waals surface area contributed by atoms with Crippen molar-refractivity contribution >= 4 is 5.97 Å². The molecule has 0 saturated carbocycles. The summed E-state index contributed by atoms with van der Waals surface area (Å²) in [5.74, 6) is -0.440. The number of halogens is 1. The highest BCUT2D eigenvalue weighted by atomic mass is 19.1. The lowest BCUT2D eigenvalue weighted by Crippen LogP contribution is -2.01. The lowest BCUT2D eigenvalue weighted by molar-refractivity contribution is -0.140. The smallest absolute Gasteiger partial charge is 0.305 e. The summed E-state index contributed by atoms with van der Waals surface area (Å²) in [7, 11) is 1.39. The number of methoxy groups -OCH3 is 1. The molecule has 128 valence electrons. The van der Waals surface area contributed by atoms with E-state index in [-0.39, 0.29) is 11.8 Å². The summed E-state index contributed by atoms with van der Waals surface area (Å²) in [6.45, 7) is 0. The number of carbonyl (C=O) groups excluding carboxylic acids is 1. The van der Waals surface area contributed by atoms with Gasteiger partial charge in [-0.25, -0.2) is 4.39 Å². The van der Waals surface area contributed by atoms with Gasteiger partial charge >= 0.3 is 5.97 Å². The molecule has 0 bridgehead atoms. The molecule has 0 aromatic heterocycles. The molecule has 0 aliphatic rings. The van der Waals surface area contributed by atoms with Gasteiger partial charge in [0.2, 0.25) is 0 Å². The average molecular weight is 330 g/mol. The van der Waals surface area contributed by atoms with Crippen LogP contribution in [0.25, 0.3) is 0 Å². The molecule has 0 amide bonds. The van der Waals surface area contributed by atoms with E-state index in [2.05, 4.69) is 4.74 Å². The lowest BCUT2D eigenvalue weighted by atomic mass is 9.99. The first-order valence-corrected chi connectivity index (χ1v) is 8.16. The molecule has 2 aromatic rings. The van der Waals surface area contributed by atoms with Gasteiger partial charge in [-0.1, -0.05) is 36.4 Å². The lowest BCUT2D eigenvalue weighted by Gasteiger charge is -2.12. The van der Waals surface area contributed by atoms with Crippen molar-refractivity contribution in [2.45, 2.75) is 38.2 Å². The number of aliphatic hydroxyl groups is 1. The van der Waals surface area contributed by atoms with Crippen LogP contribution in [0.2, 0.25) is 0 Å². The Morgan fingerprint density at radius 1 is 1.04 bits per heavy atom. The zero-order valence-corrected chi connectivity index (χ0v) is 13.9. The van der Waals surface area contributed by atoms with Crippen LogP contribution in [0.4, 0.5) is 4.39 Å². The second-order valence-corrected chi connectivity index (χ2v) is 5.85. The summed E-state index contributed by atoms with van der Waals surface area (Å²) >= 11 is 0. The second kappa shape index (κ2) is 9.18. The van der Waals surface area contributed by atoms with Crippen molar-refractivity contribution in [1.29, 1.82) is 0 Å². The van der Waals surface area contributed by atoms with Crippen LogP contribution in [-0.2, 0) is 22.4 Å². The maximum absolute atomic E-state index is 12.9. The van der Waals surface area contributed by atoms with Crippen molar-refractivity contribution in [1.82, 2.24) is 0 Å². The minimum atomic E-state index is -0.542. The normalized spacial score (nSPS) is 12.0. The SMILES string of the molecule is COC(=O)CCCc1ccc(C(O)CCc2ccc(F)cc2)cc1. The van der Waals surface area contributed by atoms with Crippen molar-refractivity contribution in [3.63, 3.8) is 0 Å². The zero-order valence-electron chi connectivity index (χ0n) is 13.9. The minimum Gasteiger partial charge on any atom is -0.469 e. The topological polar surface area (TPSA) is 46.5 Å². The third kappa shape index (κ3) is 5.78. The Morgan fingerprint density at radius 2 is 1.62 bits per heavy atom. The number of aliphatic hydroxyl groups excluding tert-OH is 1. The quantitative estimate of drug-likeness (QED) is 0.745. The maximum atomic E-state index is 12.9. The molecule has 4 heteroatoms. The fourth-order valence-corrected chi connectivity index (χ4v) is 2.57. The summed E-state index contributed by atoms with van der Waals surface area (Å²) in [5, 5.41) is 10.3. The molecule has 2 rings (SSSR count). The highest BCUT2D eigenvalue weighted by molar-refractivity contribution is 5.69. The van der Waals surface area contributed by atoms with Crippen molar-refractivity contribution in [3.05, 3.63) is 71.0 Å². The van der Waals surface area contributed by atoms with Crippen molar-refractivity contribution < 1.29 is 19.0 Å². The van der Waals surface area contributed by atoms with E-state index in [1.54, 1.807) is 12.1 Å². The molecule has 1 atom stereocenters. The molecule has 0 aliphatic carbocycles. The molecule has 2 aromatic carbocycles. The van der Waals surface area contributed by atoms with Crippen molar-refractivity contribution in [2.24, 2.45) is 0 Å². The van der Waals surface area contributed by atoms with E-state index >= 15 is 0 Å². The van der Waals surface area contributed by atoms with E-state index in [4.69, 9.17) is 0 Å². The highest BCUT2D eigenvalue weighted by Gasteiger charge is 2.08. The second-order valence-electron chi connectivity index (χ2n) is 5.85. The number of carbonyl (C=O) groups is 1. The van der Waals surface area contributed by atoms with Crippen LogP contribution in [0, 0.1) is 5.82 Å². The number of ether oxygens (including phenoxy) is 1. The van der Waals surface area contributed by atoms with E-state index in [9.17, 15) is 14.3 Å². The Bertz CT molecular complexity index is 635. The number of hydrogen-bond donors (Lipinski definition) is 1. The first-order valence-electron chi connectivity index (χ1n) is 8.16. The van der Waals surface area contributed by atoms with Gasteiger partial charge in [0.05, 0.1) is 13.2 Å². The summed E-state index contributed by atoms with van der Waals surface area (Å²) in [5.41, 5.74) is 3.01. The number of benzene rings is 2. The van der Waals surface area contributed by atoms with E-state index in [1.807, 2.05) is 24.3 Å². The summed E-state index contributed by atoms with van der Waals surface area (Å²) in [6.07, 6.45) is 2.72. The fraction of sp³-hybridized carbons (Fsp3) is 0.350. The molecule has 0 spiro atoms. The van der Waals surface area contributed by atoms with Crippen LogP contribution < -0.4 is 0 Å². The number of aryl methyl sites for hydroxylation is 2. The van der Waals surface area contributed by atoms with Crippen LogP contribution in [0.3, 0.4) is 0 Å². The van der Waals surface area contributed by atoms with Crippen LogP contribution in [0.15, 0.2) is 48.5 Å². The first-order chi connectivity index (χ1) is 11.6. The number of esters is 1. The van der Waals surface area contributed by atoms with Crippen LogP contribution in [0.5, 0.6) is 0 Å². The van der Waals surface area contributed by atoms with Crippen LogP contribution >= 0.6 is 0 Å². The maximum Gasteiger partial charge on any atom is 0.305 e. The summed E-state index contributed by atoms with van der Waals surface area (Å²) in [6, 6.07) is 14.2. The van der Waals surface area contributed by atoms with Gasteiger partial charge in [0.15, 0.2) is 0 Å². The predicted octanol–water partition coefficient (Wildman–Crippen LogP) is 3.99. The van der Waals surface area contributed by atoms with Crippen molar-refractivity contribution in [3.8, 4) is 0 Å². The first kappa shape index (κ1) is 18.1. The molecule has 0 heterocycles.